The number of nitrogens with zero attached hydrogens (tertiary/aromatic N) is 1. The van der Waals surface area contributed by atoms with Crippen LogP contribution < -0.4 is 5.32 Å². The van der Waals surface area contributed by atoms with Gasteiger partial charge in [-0.25, -0.2) is 0 Å². The number of carboxylic acids is 1. The van der Waals surface area contributed by atoms with Crippen molar-refractivity contribution in [3.05, 3.63) is 35.9 Å². The summed E-state index contributed by atoms with van der Waals surface area (Å²) in [5.41, 5.74) is -0.0101. The summed E-state index contributed by atoms with van der Waals surface area (Å²) in [6.45, 7) is 6.34. The minimum absolute atomic E-state index is 0.0647. The molecule has 1 aromatic rings. The van der Waals surface area contributed by atoms with Gasteiger partial charge in [-0.05, 0) is 24.3 Å². The molecule has 1 heterocycles. The lowest BCUT2D eigenvalue weighted by Gasteiger charge is -2.30. The summed E-state index contributed by atoms with van der Waals surface area (Å²) in [5.74, 6) is -1.29. The smallest absolute Gasteiger partial charge is 0.311 e. The van der Waals surface area contributed by atoms with Gasteiger partial charge in [0.15, 0.2) is 0 Å². The number of likely N-dealkylation sites (tertiary alicyclic amines) is 1. The zero-order valence-electron chi connectivity index (χ0n) is 16.4. The normalized spacial score (nSPS) is 20.5. The Morgan fingerprint density at radius 2 is 1.89 bits per heavy atom. The lowest BCUT2D eigenvalue weighted by molar-refractivity contribution is -0.151. The van der Waals surface area contributed by atoms with Gasteiger partial charge in [0.05, 0.1) is 11.8 Å². The Morgan fingerprint density at radius 3 is 2.41 bits per heavy atom. The average molecular weight is 374 g/mol. The molecular formula is C21H30N2O4. The van der Waals surface area contributed by atoms with E-state index in [2.05, 4.69) is 5.32 Å². The van der Waals surface area contributed by atoms with Crippen molar-refractivity contribution < 1.29 is 19.5 Å². The Hall–Kier alpha value is -2.37. The van der Waals surface area contributed by atoms with Crippen LogP contribution in [0, 0.1) is 11.3 Å². The molecule has 0 radical (unpaired) electrons. The van der Waals surface area contributed by atoms with E-state index in [4.69, 9.17) is 0 Å². The van der Waals surface area contributed by atoms with E-state index in [1.54, 1.807) is 4.90 Å². The number of carbonyl (C=O) groups excluding carboxylic acids is 2. The van der Waals surface area contributed by atoms with Gasteiger partial charge in [0, 0.05) is 13.1 Å². The Balaban J connectivity index is 2.04. The number of rotatable bonds is 8. The van der Waals surface area contributed by atoms with Crippen LogP contribution in [0.1, 0.15) is 45.6 Å². The number of aliphatic carboxylic acids is 1. The SMILES string of the molecule is CCCC(NC(=O)Cc1ccccc1)C(=O)N1CCC(C(=O)O)(C(C)C)C1. The van der Waals surface area contributed by atoms with Crippen LogP contribution in [0.4, 0.5) is 0 Å². The van der Waals surface area contributed by atoms with Gasteiger partial charge in [-0.3, -0.25) is 14.4 Å². The minimum Gasteiger partial charge on any atom is -0.481 e. The van der Waals surface area contributed by atoms with Crippen LogP contribution in [-0.4, -0.2) is 46.9 Å². The molecule has 2 N–H and O–H groups in total. The maximum absolute atomic E-state index is 13.0. The molecule has 1 aromatic carbocycles. The first-order chi connectivity index (χ1) is 12.8. The standard InChI is InChI=1S/C21H30N2O4/c1-4-8-17(22-18(24)13-16-9-6-5-7-10-16)19(25)23-12-11-21(14-23,15(2)3)20(26)27/h5-7,9-10,15,17H,4,8,11-14H2,1-3H3,(H,22,24)(H,26,27). The van der Waals surface area contributed by atoms with Crippen molar-refractivity contribution >= 4 is 17.8 Å². The average Bonchev–Trinajstić information content (AvgIpc) is 3.08. The Labute approximate surface area is 160 Å². The molecule has 6 heteroatoms. The van der Waals surface area contributed by atoms with Crippen LogP contribution in [0.2, 0.25) is 0 Å². The van der Waals surface area contributed by atoms with Gasteiger partial charge in [0.2, 0.25) is 11.8 Å². The van der Waals surface area contributed by atoms with Crippen LogP contribution in [0.5, 0.6) is 0 Å². The highest BCUT2D eigenvalue weighted by molar-refractivity contribution is 5.89. The van der Waals surface area contributed by atoms with E-state index in [0.29, 0.717) is 19.4 Å². The summed E-state index contributed by atoms with van der Waals surface area (Å²) >= 11 is 0. The van der Waals surface area contributed by atoms with Crippen molar-refractivity contribution in [2.75, 3.05) is 13.1 Å². The molecule has 0 spiro atoms. The second kappa shape index (κ2) is 9.02. The number of hydrogen-bond acceptors (Lipinski definition) is 3. The molecule has 0 bridgehead atoms. The second-order valence-electron chi connectivity index (χ2n) is 7.70. The zero-order valence-corrected chi connectivity index (χ0v) is 16.4. The van der Waals surface area contributed by atoms with Crippen LogP contribution in [-0.2, 0) is 20.8 Å². The van der Waals surface area contributed by atoms with Crippen molar-refractivity contribution in [2.45, 2.75) is 52.5 Å². The molecule has 27 heavy (non-hydrogen) atoms. The first-order valence-corrected chi connectivity index (χ1v) is 9.65. The molecule has 1 aliphatic rings. The van der Waals surface area contributed by atoms with E-state index in [0.717, 1.165) is 12.0 Å². The van der Waals surface area contributed by atoms with E-state index in [1.807, 2.05) is 51.1 Å². The van der Waals surface area contributed by atoms with E-state index >= 15 is 0 Å². The van der Waals surface area contributed by atoms with Crippen LogP contribution >= 0.6 is 0 Å². The van der Waals surface area contributed by atoms with Crippen molar-refractivity contribution in [1.29, 1.82) is 0 Å². The van der Waals surface area contributed by atoms with Gasteiger partial charge in [0.25, 0.3) is 0 Å². The van der Waals surface area contributed by atoms with E-state index in [1.165, 1.54) is 0 Å². The van der Waals surface area contributed by atoms with Gasteiger partial charge >= 0.3 is 5.97 Å². The maximum Gasteiger partial charge on any atom is 0.311 e. The molecule has 2 unspecified atom stereocenters. The van der Waals surface area contributed by atoms with Gasteiger partial charge in [0.1, 0.15) is 6.04 Å². The molecule has 0 saturated carbocycles. The lowest BCUT2D eigenvalue weighted by atomic mass is 9.76. The fraction of sp³-hybridized carbons (Fsp3) is 0.571. The quantitative estimate of drug-likeness (QED) is 0.732. The van der Waals surface area contributed by atoms with E-state index in [9.17, 15) is 19.5 Å². The largest absolute Gasteiger partial charge is 0.481 e. The number of hydrogen-bond donors (Lipinski definition) is 2. The first-order valence-electron chi connectivity index (χ1n) is 9.65. The monoisotopic (exact) mass is 374 g/mol. The van der Waals surface area contributed by atoms with Crippen LogP contribution in [0.25, 0.3) is 0 Å². The number of amides is 2. The molecule has 2 amide bonds. The first kappa shape index (κ1) is 20.9. The third kappa shape index (κ3) is 4.87. The predicted octanol–water partition coefficient (Wildman–Crippen LogP) is 2.47. The van der Waals surface area contributed by atoms with Gasteiger partial charge < -0.3 is 15.3 Å². The number of nitrogens with one attached hydrogen (secondary N) is 1. The fourth-order valence-corrected chi connectivity index (χ4v) is 3.71. The summed E-state index contributed by atoms with van der Waals surface area (Å²) in [6.07, 6.45) is 1.96. The van der Waals surface area contributed by atoms with Gasteiger partial charge in [-0.2, -0.15) is 0 Å². The zero-order chi connectivity index (χ0) is 20.0. The maximum atomic E-state index is 13.0. The predicted molar refractivity (Wildman–Crippen MR) is 103 cm³/mol. The van der Waals surface area contributed by atoms with Crippen molar-refractivity contribution in [2.24, 2.45) is 11.3 Å². The fourth-order valence-electron chi connectivity index (χ4n) is 3.71. The second-order valence-corrected chi connectivity index (χ2v) is 7.70. The van der Waals surface area contributed by atoms with Gasteiger partial charge in [-0.15, -0.1) is 0 Å². The number of carbonyl (C=O) groups is 3. The van der Waals surface area contributed by atoms with Crippen molar-refractivity contribution in [3.63, 3.8) is 0 Å². The lowest BCUT2D eigenvalue weighted by Crippen LogP contribution is -2.49. The molecule has 1 saturated heterocycles. The molecular weight excluding hydrogens is 344 g/mol. The van der Waals surface area contributed by atoms with Crippen LogP contribution in [0.15, 0.2) is 30.3 Å². The van der Waals surface area contributed by atoms with E-state index < -0.39 is 17.4 Å². The topological polar surface area (TPSA) is 86.7 Å². The summed E-state index contributed by atoms with van der Waals surface area (Å²) in [6, 6.07) is 8.78. The highest BCUT2D eigenvalue weighted by Crippen LogP contribution is 2.38. The Bertz CT molecular complexity index is 674. The Morgan fingerprint density at radius 1 is 1.22 bits per heavy atom. The molecule has 0 aromatic heterocycles. The van der Waals surface area contributed by atoms with E-state index in [-0.39, 0.29) is 30.7 Å². The van der Waals surface area contributed by atoms with Gasteiger partial charge in [-0.1, -0.05) is 57.5 Å². The summed E-state index contributed by atoms with van der Waals surface area (Å²) in [7, 11) is 0. The molecule has 148 valence electrons. The molecule has 6 nitrogen and oxygen atoms in total. The molecule has 0 aliphatic carbocycles. The molecule has 2 atom stereocenters. The third-order valence-corrected chi connectivity index (χ3v) is 5.56. The molecule has 1 aliphatic heterocycles. The minimum atomic E-state index is -0.902. The summed E-state index contributed by atoms with van der Waals surface area (Å²) in [4.78, 5) is 38.8. The van der Waals surface area contributed by atoms with Crippen molar-refractivity contribution in [3.8, 4) is 0 Å². The van der Waals surface area contributed by atoms with Crippen molar-refractivity contribution in [1.82, 2.24) is 10.2 Å². The summed E-state index contributed by atoms with van der Waals surface area (Å²) < 4.78 is 0. The summed E-state index contributed by atoms with van der Waals surface area (Å²) in [5, 5.41) is 12.5. The highest BCUT2D eigenvalue weighted by Gasteiger charge is 2.49. The molecule has 2 rings (SSSR count). The number of benzene rings is 1. The molecule has 1 fully saturated rings. The number of carboxylic acid groups (broad SMARTS) is 1. The highest BCUT2D eigenvalue weighted by atomic mass is 16.4. The third-order valence-electron chi connectivity index (χ3n) is 5.56. The van der Waals surface area contributed by atoms with Crippen LogP contribution in [0.3, 0.4) is 0 Å². The Kier molecular flexibility index (Phi) is 6.99.